The quantitative estimate of drug-likeness (QED) is 0.482. The van der Waals surface area contributed by atoms with E-state index >= 15 is 0 Å². The van der Waals surface area contributed by atoms with Crippen LogP contribution < -0.4 is 20.5 Å². The smallest absolute Gasteiger partial charge is 0.372 e. The van der Waals surface area contributed by atoms with Gasteiger partial charge < -0.3 is 10.2 Å². The van der Waals surface area contributed by atoms with Crippen LogP contribution in [0.5, 0.6) is 11.6 Å². The number of aromatic hydroxyl groups is 1. The first kappa shape index (κ1) is 11.4. The molecular weight excluding hydrogens is 246 g/mol. The maximum atomic E-state index is 11.5. The maximum Gasteiger partial charge on any atom is 0.372 e. The van der Waals surface area contributed by atoms with Gasteiger partial charge >= 0.3 is 5.88 Å². The first-order chi connectivity index (χ1) is 9.02. The van der Waals surface area contributed by atoms with Crippen molar-refractivity contribution in [3.05, 3.63) is 56.3 Å². The number of rotatable bonds is 1. The fourth-order valence-electron chi connectivity index (χ4n) is 2.26. The summed E-state index contributed by atoms with van der Waals surface area (Å²) in [6.07, 6.45) is 0. The zero-order chi connectivity index (χ0) is 13.7. The number of nitrogens with zero attached hydrogens (tertiary/aromatic N) is 1. The van der Waals surface area contributed by atoms with Crippen LogP contribution in [-0.4, -0.2) is 5.11 Å². The second-order valence-corrected chi connectivity index (χ2v) is 4.37. The molecule has 0 aliphatic heterocycles. The minimum Gasteiger partial charge on any atom is -0.865 e. The Morgan fingerprint density at radius 2 is 1.84 bits per heavy atom. The Morgan fingerprint density at radius 1 is 1.16 bits per heavy atom. The second kappa shape index (κ2) is 3.65. The molecule has 2 aromatic carbocycles. The summed E-state index contributed by atoms with van der Waals surface area (Å²) in [5.41, 5.74) is -0.857. The minimum atomic E-state index is -1.04. The van der Waals surface area contributed by atoms with Crippen LogP contribution in [0.15, 0.2) is 39.9 Å². The lowest BCUT2D eigenvalue weighted by molar-refractivity contribution is -0.583. The number of para-hydroxylation sites is 1. The normalized spacial score (nSPS) is 11.2. The van der Waals surface area contributed by atoms with Crippen molar-refractivity contribution in [1.29, 1.82) is 0 Å². The molecule has 3 aromatic rings. The van der Waals surface area contributed by atoms with Crippen LogP contribution >= 0.6 is 0 Å². The highest BCUT2D eigenvalue weighted by molar-refractivity contribution is 5.80. The fourth-order valence-corrected chi connectivity index (χ4v) is 2.26. The van der Waals surface area contributed by atoms with E-state index < -0.39 is 16.6 Å². The highest BCUT2D eigenvalue weighted by Crippen LogP contribution is 2.21. The number of aromatic nitrogens is 1. The summed E-state index contributed by atoms with van der Waals surface area (Å²) in [6, 6.07) is 8.50. The Bertz CT molecular complexity index is 888. The molecule has 94 valence electrons. The highest BCUT2D eigenvalue weighted by Gasteiger charge is 2.29. The number of hydrogen-bond acceptors (Lipinski definition) is 4. The van der Waals surface area contributed by atoms with Gasteiger partial charge in [-0.3, -0.25) is 9.59 Å². The number of pyridine rings is 1. The van der Waals surface area contributed by atoms with E-state index in [-0.39, 0.29) is 11.6 Å². The molecular formula is C14H9NO4. The summed E-state index contributed by atoms with van der Waals surface area (Å²) < 4.78 is 1.13. The molecule has 0 unspecified atom stereocenters. The Balaban J connectivity index is 2.49. The SMILES string of the molecule is Cc1cc(O)[n+](-c2c([O-])c(=O)c2=O)c2ccccc12. The summed E-state index contributed by atoms with van der Waals surface area (Å²) in [4.78, 5) is 22.6. The topological polar surface area (TPSA) is 81.3 Å². The summed E-state index contributed by atoms with van der Waals surface area (Å²) in [5, 5.41) is 22.3. The summed E-state index contributed by atoms with van der Waals surface area (Å²) >= 11 is 0. The van der Waals surface area contributed by atoms with E-state index in [2.05, 4.69) is 0 Å². The highest BCUT2D eigenvalue weighted by atomic mass is 16.3. The molecule has 5 heteroatoms. The third-order valence-electron chi connectivity index (χ3n) is 3.21. The van der Waals surface area contributed by atoms with Crippen molar-refractivity contribution in [2.75, 3.05) is 0 Å². The molecule has 0 aliphatic rings. The Kier molecular flexibility index (Phi) is 2.19. The number of fused-ring (bicyclic) bond motifs is 1. The van der Waals surface area contributed by atoms with E-state index in [0.29, 0.717) is 5.52 Å². The van der Waals surface area contributed by atoms with Gasteiger partial charge in [-0.2, -0.15) is 0 Å². The number of benzene rings is 1. The number of hydrogen-bond donors (Lipinski definition) is 1. The predicted octanol–water partition coefficient (Wildman–Crippen LogP) is -0.200. The molecule has 0 spiro atoms. The summed E-state index contributed by atoms with van der Waals surface area (Å²) in [5.74, 6) is -1.10. The van der Waals surface area contributed by atoms with Crippen molar-refractivity contribution in [1.82, 2.24) is 0 Å². The van der Waals surface area contributed by atoms with Crippen LogP contribution in [0.4, 0.5) is 0 Å². The molecule has 1 N–H and O–H groups in total. The molecule has 19 heavy (non-hydrogen) atoms. The molecule has 5 nitrogen and oxygen atoms in total. The lowest BCUT2D eigenvalue weighted by Crippen LogP contribution is -2.49. The zero-order valence-electron chi connectivity index (χ0n) is 10.0. The fraction of sp³-hybridized carbons (Fsp3) is 0.0714. The molecule has 0 fully saturated rings. The van der Waals surface area contributed by atoms with Gasteiger partial charge in [0.2, 0.25) is 10.9 Å². The molecule has 0 amide bonds. The summed E-state index contributed by atoms with van der Waals surface area (Å²) in [6.45, 7) is 1.81. The largest absolute Gasteiger partial charge is 0.865 e. The van der Waals surface area contributed by atoms with Crippen molar-refractivity contribution in [3.8, 4) is 17.3 Å². The van der Waals surface area contributed by atoms with Crippen LogP contribution in [0.2, 0.25) is 0 Å². The van der Waals surface area contributed by atoms with E-state index in [9.17, 15) is 19.8 Å². The molecule has 1 heterocycles. The molecule has 0 saturated carbocycles. The third-order valence-corrected chi connectivity index (χ3v) is 3.21. The average Bonchev–Trinajstić information content (AvgIpc) is 2.42. The zero-order valence-corrected chi connectivity index (χ0v) is 10.0. The van der Waals surface area contributed by atoms with Crippen LogP contribution in [0.3, 0.4) is 0 Å². The van der Waals surface area contributed by atoms with E-state index in [0.717, 1.165) is 15.5 Å². The molecule has 0 radical (unpaired) electrons. The molecule has 0 bridgehead atoms. The van der Waals surface area contributed by atoms with E-state index in [1.165, 1.54) is 6.07 Å². The van der Waals surface area contributed by atoms with Gasteiger partial charge in [0.1, 0.15) is 0 Å². The van der Waals surface area contributed by atoms with E-state index in [4.69, 9.17) is 0 Å². The van der Waals surface area contributed by atoms with Crippen molar-refractivity contribution >= 4 is 10.9 Å². The summed E-state index contributed by atoms with van der Waals surface area (Å²) in [7, 11) is 0. The molecule has 3 rings (SSSR count). The first-order valence-electron chi connectivity index (χ1n) is 5.66. The second-order valence-electron chi connectivity index (χ2n) is 4.37. The van der Waals surface area contributed by atoms with Gasteiger partial charge in [0.15, 0.2) is 0 Å². The van der Waals surface area contributed by atoms with E-state index in [1.54, 1.807) is 12.1 Å². The Labute approximate surface area is 107 Å². The van der Waals surface area contributed by atoms with Gasteiger partial charge in [0.25, 0.3) is 11.1 Å². The van der Waals surface area contributed by atoms with E-state index in [1.807, 2.05) is 19.1 Å². The van der Waals surface area contributed by atoms with Crippen LogP contribution in [0.1, 0.15) is 5.56 Å². The van der Waals surface area contributed by atoms with Gasteiger partial charge in [-0.1, -0.05) is 12.1 Å². The Morgan fingerprint density at radius 3 is 2.53 bits per heavy atom. The third kappa shape index (κ3) is 1.38. The van der Waals surface area contributed by atoms with Gasteiger partial charge in [0.05, 0.1) is 11.5 Å². The Hall–Kier alpha value is -2.69. The first-order valence-corrected chi connectivity index (χ1v) is 5.66. The molecule has 0 aliphatic carbocycles. The molecule has 0 saturated heterocycles. The number of aryl methyl sites for hydroxylation is 1. The van der Waals surface area contributed by atoms with Crippen molar-refractivity contribution < 1.29 is 14.8 Å². The van der Waals surface area contributed by atoms with Crippen molar-refractivity contribution in [2.24, 2.45) is 0 Å². The molecule has 1 aromatic heterocycles. The van der Waals surface area contributed by atoms with Crippen molar-refractivity contribution in [3.63, 3.8) is 0 Å². The average molecular weight is 255 g/mol. The maximum absolute atomic E-state index is 11.5. The van der Waals surface area contributed by atoms with Gasteiger partial charge in [-0.05, 0) is 18.6 Å². The van der Waals surface area contributed by atoms with Gasteiger partial charge in [-0.15, -0.1) is 4.57 Å². The van der Waals surface area contributed by atoms with Gasteiger partial charge in [0, 0.05) is 11.8 Å². The monoisotopic (exact) mass is 255 g/mol. The molecule has 0 atom stereocenters. The predicted molar refractivity (Wildman–Crippen MR) is 66.2 cm³/mol. The van der Waals surface area contributed by atoms with Crippen LogP contribution in [-0.2, 0) is 0 Å². The van der Waals surface area contributed by atoms with Crippen LogP contribution in [0, 0.1) is 6.92 Å². The minimum absolute atomic E-state index is 0.236. The standard InChI is InChI=1S/C14H9NO4/c1-7-6-10(16)15(9-5-3-2-4-8(7)9)11-12(17)14(19)13(11)18/h2-6H,1H3,(H,17,18). The van der Waals surface area contributed by atoms with Crippen molar-refractivity contribution in [2.45, 2.75) is 6.92 Å². The lowest BCUT2D eigenvalue weighted by atomic mass is 10.1. The van der Waals surface area contributed by atoms with Gasteiger partial charge in [-0.25, -0.2) is 0 Å². The lowest BCUT2D eigenvalue weighted by Gasteiger charge is -2.11. The van der Waals surface area contributed by atoms with Crippen LogP contribution in [0.25, 0.3) is 16.6 Å².